The van der Waals surface area contributed by atoms with E-state index in [0.717, 1.165) is 96.3 Å². The molecule has 0 fully saturated rings. The van der Waals surface area contributed by atoms with Gasteiger partial charge in [-0.1, -0.05) is 263 Å². The molecule has 3 N–H and O–H groups in total. The van der Waals surface area contributed by atoms with E-state index >= 15 is 0 Å². The van der Waals surface area contributed by atoms with Crippen LogP contribution in [0.1, 0.15) is 245 Å². The van der Waals surface area contributed by atoms with Crippen molar-refractivity contribution in [3.8, 4) is 0 Å². The topological polar surface area (TPSA) is 105 Å². The highest BCUT2D eigenvalue weighted by atomic mass is 31.2. The number of phosphoric ester groups is 1. The molecule has 0 aliphatic carbocycles. The third kappa shape index (κ3) is 60.3. The highest BCUT2D eigenvalue weighted by Crippen LogP contribution is 2.43. The molecule has 0 saturated heterocycles. The number of allylic oxidation sites excluding steroid dienone is 21. The van der Waals surface area contributed by atoms with Gasteiger partial charge in [-0.15, -0.1) is 0 Å². The van der Waals surface area contributed by atoms with Crippen molar-refractivity contribution in [2.24, 2.45) is 0 Å². The molecule has 78 heavy (non-hydrogen) atoms. The fraction of sp³-hybridized carbons (Fsp3) is 0.667. The first-order chi connectivity index (χ1) is 38.0. The monoisotopic (exact) mass is 1100 g/mol. The molecule has 3 atom stereocenters. The van der Waals surface area contributed by atoms with Gasteiger partial charge < -0.3 is 19.8 Å². The van der Waals surface area contributed by atoms with E-state index in [2.05, 4.69) is 141 Å². The van der Waals surface area contributed by atoms with Crippen LogP contribution in [0.2, 0.25) is 0 Å². The van der Waals surface area contributed by atoms with Crippen LogP contribution in [-0.4, -0.2) is 73.4 Å². The van der Waals surface area contributed by atoms with Crippen molar-refractivity contribution < 1.29 is 32.9 Å². The zero-order valence-corrected chi connectivity index (χ0v) is 51.7. The number of unbranched alkanes of at least 4 members (excludes halogenated alkanes) is 23. The number of carbonyl (C=O) groups excluding carboxylic acids is 1. The van der Waals surface area contributed by atoms with E-state index in [1.54, 1.807) is 6.08 Å². The average Bonchev–Trinajstić information content (AvgIpc) is 3.41. The lowest BCUT2D eigenvalue weighted by Crippen LogP contribution is -2.45. The Morgan fingerprint density at radius 1 is 0.449 bits per heavy atom. The summed E-state index contributed by atoms with van der Waals surface area (Å²) in [6.07, 6.45) is 88.7. The zero-order valence-electron chi connectivity index (χ0n) is 50.9. The maximum absolute atomic E-state index is 13.0. The first-order valence-electron chi connectivity index (χ1n) is 31.6. The van der Waals surface area contributed by atoms with E-state index in [1.807, 2.05) is 27.2 Å². The lowest BCUT2D eigenvalue weighted by molar-refractivity contribution is -0.870. The Bertz CT molecular complexity index is 1730. The fourth-order valence-electron chi connectivity index (χ4n) is 8.44. The second-order valence-corrected chi connectivity index (χ2v) is 23.5. The first-order valence-corrected chi connectivity index (χ1v) is 33.1. The normalized spacial score (nSPS) is 14.7. The van der Waals surface area contributed by atoms with Gasteiger partial charge in [-0.25, -0.2) is 4.57 Å². The van der Waals surface area contributed by atoms with Gasteiger partial charge in [-0.2, -0.15) is 0 Å². The standard InChI is InChI=1S/C69H119N2O6P/c1-6-8-10-12-14-16-18-20-22-23-24-25-26-27-28-29-30-31-32-33-34-35-36-37-38-39-40-41-42-43-44-45-46-47-49-51-53-55-57-59-61-63-69(73)70-67(66-77-78(74,75)76-65-64-71(3,4)5)68(72)62-60-58-56-54-52-50-48-21-19-17-15-13-11-9-7-2/h8,10,14,16,19-22,24-25,27-28,30-31,33-34,36-37,52,54,60,62,67-68,72H,6-7,9,11-13,15,17-18,23,26,29,32,35,38-51,53,55-59,61,63-66H2,1-5H3,(H-,70,73,74,75)/p+1/b10-8-,16-14-,21-19+,22-20-,25-24-,28-27-,31-30-,34-33-,37-36-,54-52+,62-60+. The number of phosphoric acid groups is 1. The van der Waals surface area contributed by atoms with Crippen LogP contribution < -0.4 is 5.32 Å². The maximum atomic E-state index is 13.0. The molecule has 9 heteroatoms. The van der Waals surface area contributed by atoms with Gasteiger partial charge in [0, 0.05) is 6.42 Å². The molecule has 1 amide bonds. The van der Waals surface area contributed by atoms with Crippen LogP contribution in [0.15, 0.2) is 134 Å². The minimum Gasteiger partial charge on any atom is -0.387 e. The second-order valence-electron chi connectivity index (χ2n) is 22.0. The molecular formula is C69H120N2O6P+. The van der Waals surface area contributed by atoms with Crippen molar-refractivity contribution in [1.82, 2.24) is 5.32 Å². The number of nitrogens with one attached hydrogen (secondary N) is 1. The van der Waals surface area contributed by atoms with Gasteiger partial charge in [0.2, 0.25) is 5.91 Å². The Morgan fingerprint density at radius 3 is 1.18 bits per heavy atom. The molecule has 0 aliphatic heterocycles. The average molecular weight is 1100 g/mol. The van der Waals surface area contributed by atoms with E-state index in [4.69, 9.17) is 9.05 Å². The van der Waals surface area contributed by atoms with E-state index < -0.39 is 20.0 Å². The van der Waals surface area contributed by atoms with Crippen molar-refractivity contribution in [2.75, 3.05) is 40.9 Å². The summed E-state index contributed by atoms with van der Waals surface area (Å²) in [6.45, 7) is 4.65. The van der Waals surface area contributed by atoms with Crippen molar-refractivity contribution >= 4 is 13.7 Å². The third-order valence-corrected chi connectivity index (χ3v) is 14.3. The Labute approximate surface area is 481 Å². The van der Waals surface area contributed by atoms with Crippen molar-refractivity contribution in [1.29, 1.82) is 0 Å². The lowest BCUT2D eigenvalue weighted by Gasteiger charge is -2.25. The van der Waals surface area contributed by atoms with Crippen LogP contribution in [0, 0.1) is 0 Å². The lowest BCUT2D eigenvalue weighted by atomic mass is 10.0. The van der Waals surface area contributed by atoms with E-state index in [-0.39, 0.29) is 19.1 Å². The van der Waals surface area contributed by atoms with Crippen molar-refractivity contribution in [2.45, 2.75) is 257 Å². The summed E-state index contributed by atoms with van der Waals surface area (Å²) in [7, 11) is 1.54. The predicted octanol–water partition coefficient (Wildman–Crippen LogP) is 19.9. The number of likely N-dealkylation sites (N-methyl/N-ethyl adjacent to an activating group) is 1. The molecule has 446 valence electrons. The number of aliphatic hydroxyl groups excluding tert-OH is 1. The molecule has 0 saturated carbocycles. The summed E-state index contributed by atoms with van der Waals surface area (Å²) in [5.41, 5.74) is 0. The smallest absolute Gasteiger partial charge is 0.387 e. The minimum absolute atomic E-state index is 0.0489. The van der Waals surface area contributed by atoms with Gasteiger partial charge >= 0.3 is 7.82 Å². The summed E-state index contributed by atoms with van der Waals surface area (Å²) < 4.78 is 23.7. The number of quaternary nitrogens is 1. The van der Waals surface area contributed by atoms with E-state index in [0.29, 0.717) is 17.4 Å². The number of carbonyl (C=O) groups is 1. The van der Waals surface area contributed by atoms with Gasteiger partial charge in [0.25, 0.3) is 0 Å². The molecular weight excluding hydrogens is 984 g/mol. The van der Waals surface area contributed by atoms with Crippen molar-refractivity contribution in [3.05, 3.63) is 134 Å². The predicted molar refractivity (Wildman–Crippen MR) is 341 cm³/mol. The van der Waals surface area contributed by atoms with Crippen LogP contribution in [0.25, 0.3) is 0 Å². The summed E-state index contributed by atoms with van der Waals surface area (Å²) in [6, 6.07) is -0.876. The summed E-state index contributed by atoms with van der Waals surface area (Å²) in [5, 5.41) is 13.9. The molecule has 0 aromatic heterocycles. The number of nitrogens with zero attached hydrogens (tertiary/aromatic N) is 1. The number of hydrogen-bond acceptors (Lipinski definition) is 5. The van der Waals surface area contributed by atoms with E-state index in [9.17, 15) is 19.4 Å². The second kappa shape index (κ2) is 58.3. The number of aliphatic hydroxyl groups is 1. The number of rotatable bonds is 56. The van der Waals surface area contributed by atoms with Gasteiger partial charge in [0.05, 0.1) is 39.9 Å². The highest BCUT2D eigenvalue weighted by molar-refractivity contribution is 7.47. The first kappa shape index (κ1) is 74.6. The molecule has 0 aromatic rings. The maximum Gasteiger partial charge on any atom is 0.472 e. The molecule has 8 nitrogen and oxygen atoms in total. The van der Waals surface area contributed by atoms with Crippen LogP contribution in [0.3, 0.4) is 0 Å². The molecule has 0 heterocycles. The molecule has 0 rings (SSSR count). The van der Waals surface area contributed by atoms with Gasteiger partial charge in [0.1, 0.15) is 13.2 Å². The Hall–Kier alpha value is -3.36. The summed E-state index contributed by atoms with van der Waals surface area (Å²) in [4.78, 5) is 23.3. The molecule has 0 aliphatic rings. The molecule has 3 unspecified atom stereocenters. The highest BCUT2D eigenvalue weighted by Gasteiger charge is 2.27. The summed E-state index contributed by atoms with van der Waals surface area (Å²) in [5.74, 6) is -0.195. The minimum atomic E-state index is -4.36. The van der Waals surface area contributed by atoms with Crippen molar-refractivity contribution in [3.63, 3.8) is 0 Å². The molecule has 0 spiro atoms. The van der Waals surface area contributed by atoms with Gasteiger partial charge in [0.15, 0.2) is 0 Å². The van der Waals surface area contributed by atoms with Gasteiger partial charge in [-0.05, 0) is 109 Å². The largest absolute Gasteiger partial charge is 0.472 e. The fourth-order valence-corrected chi connectivity index (χ4v) is 9.18. The molecule has 0 aromatic carbocycles. The molecule has 0 bridgehead atoms. The Balaban J connectivity index is 4.04. The van der Waals surface area contributed by atoms with Crippen LogP contribution in [0.4, 0.5) is 0 Å². The SMILES string of the molecule is CC/C=C\C/C=C\C/C=C\C/C=C\C/C=C\C/C=C\C/C=C\C/C=C\CCCCCCCCCCCCCCCCCCC(=O)NC(COP(=O)(O)OCC[N+](C)(C)C)C(O)/C=C/CC/C=C/CC/C=C/CCCCCCC. The quantitative estimate of drug-likeness (QED) is 0.0243. The van der Waals surface area contributed by atoms with Crippen LogP contribution >= 0.6 is 7.82 Å². The van der Waals surface area contributed by atoms with E-state index in [1.165, 1.54) is 128 Å². The molecule has 0 radical (unpaired) electrons. The van der Waals surface area contributed by atoms with Crippen LogP contribution in [0.5, 0.6) is 0 Å². The van der Waals surface area contributed by atoms with Gasteiger partial charge in [-0.3, -0.25) is 13.8 Å². The Morgan fingerprint density at radius 2 is 0.782 bits per heavy atom. The third-order valence-electron chi connectivity index (χ3n) is 13.3. The number of hydrogen-bond donors (Lipinski definition) is 3. The summed E-state index contributed by atoms with van der Waals surface area (Å²) >= 11 is 0. The Kier molecular flexibility index (Phi) is 55.8. The number of amides is 1. The van der Waals surface area contributed by atoms with Crippen LogP contribution in [-0.2, 0) is 18.4 Å². The zero-order chi connectivity index (χ0) is 57.0.